The molecule has 20 heavy (non-hydrogen) atoms. The number of likely N-dealkylation sites (tertiary alicyclic amines) is 1. The first kappa shape index (κ1) is 13.5. The maximum Gasteiger partial charge on any atom is 0.253 e. The van der Waals surface area contributed by atoms with E-state index in [1.54, 1.807) is 0 Å². The lowest BCUT2D eigenvalue weighted by Crippen LogP contribution is -2.35. The van der Waals surface area contributed by atoms with Gasteiger partial charge in [0.2, 0.25) is 5.91 Å². The average Bonchev–Trinajstić information content (AvgIpc) is 2.48. The zero-order valence-electron chi connectivity index (χ0n) is 11.5. The fraction of sp³-hybridized carbons (Fsp3) is 0.467. The topological polar surface area (TPSA) is 49.4 Å². The highest BCUT2D eigenvalue weighted by Gasteiger charge is 2.25. The van der Waals surface area contributed by atoms with Gasteiger partial charge in [0, 0.05) is 23.5 Å². The summed E-state index contributed by atoms with van der Waals surface area (Å²) in [6.45, 7) is 3.57. The third-order valence-electron chi connectivity index (χ3n) is 3.80. The van der Waals surface area contributed by atoms with Gasteiger partial charge in [0.1, 0.15) is 0 Å². The zero-order chi connectivity index (χ0) is 14.1. The van der Waals surface area contributed by atoms with Gasteiger partial charge in [-0.05, 0) is 44.4 Å². The van der Waals surface area contributed by atoms with E-state index in [2.05, 4.69) is 5.32 Å². The molecule has 3 rings (SSSR count). The molecule has 1 N–H and O–H groups in total. The number of benzene rings is 1. The van der Waals surface area contributed by atoms with Crippen LogP contribution in [0.3, 0.4) is 0 Å². The van der Waals surface area contributed by atoms with Gasteiger partial charge < -0.3 is 10.2 Å². The lowest BCUT2D eigenvalue weighted by molar-refractivity contribution is -0.115. The number of hydrogen-bond donors (Lipinski definition) is 1. The van der Waals surface area contributed by atoms with Crippen LogP contribution in [0.2, 0.25) is 0 Å². The second kappa shape index (κ2) is 5.48. The highest BCUT2D eigenvalue weighted by molar-refractivity contribution is 8.00. The molecule has 0 saturated carbocycles. The Morgan fingerprint density at radius 2 is 2.05 bits per heavy atom. The number of carbonyl (C=O) groups is 2. The van der Waals surface area contributed by atoms with Gasteiger partial charge in [0.25, 0.3) is 5.91 Å². The molecule has 1 aromatic carbocycles. The van der Waals surface area contributed by atoms with Gasteiger partial charge in [-0.15, -0.1) is 11.8 Å². The monoisotopic (exact) mass is 290 g/mol. The summed E-state index contributed by atoms with van der Waals surface area (Å²) in [4.78, 5) is 27.1. The number of nitrogens with zero attached hydrogens (tertiary/aromatic N) is 1. The van der Waals surface area contributed by atoms with Crippen molar-refractivity contribution in [1.82, 2.24) is 4.90 Å². The van der Waals surface area contributed by atoms with E-state index in [0.717, 1.165) is 36.5 Å². The first-order valence-corrected chi connectivity index (χ1v) is 7.94. The van der Waals surface area contributed by atoms with Crippen molar-refractivity contribution >= 4 is 29.3 Å². The van der Waals surface area contributed by atoms with E-state index in [9.17, 15) is 9.59 Å². The van der Waals surface area contributed by atoms with Gasteiger partial charge >= 0.3 is 0 Å². The molecule has 0 radical (unpaired) electrons. The summed E-state index contributed by atoms with van der Waals surface area (Å²) in [7, 11) is 0. The van der Waals surface area contributed by atoms with Crippen LogP contribution in [0.4, 0.5) is 5.69 Å². The molecular formula is C15H18N2O2S. The lowest BCUT2D eigenvalue weighted by Gasteiger charge is -2.27. The minimum Gasteiger partial charge on any atom is -0.339 e. The van der Waals surface area contributed by atoms with Crippen molar-refractivity contribution in [3.05, 3.63) is 23.8 Å². The van der Waals surface area contributed by atoms with Crippen molar-refractivity contribution in [3.63, 3.8) is 0 Å². The Labute approximate surface area is 122 Å². The van der Waals surface area contributed by atoms with Crippen molar-refractivity contribution in [2.45, 2.75) is 36.3 Å². The molecule has 1 fully saturated rings. The Bertz CT molecular complexity index is 553. The van der Waals surface area contributed by atoms with Crippen LogP contribution in [-0.2, 0) is 4.79 Å². The number of amides is 2. The van der Waals surface area contributed by atoms with Crippen LogP contribution in [0.1, 0.15) is 36.5 Å². The summed E-state index contributed by atoms with van der Waals surface area (Å²) in [5.74, 6) is 0.0791. The lowest BCUT2D eigenvalue weighted by atomic mass is 10.1. The van der Waals surface area contributed by atoms with Crippen molar-refractivity contribution < 1.29 is 9.59 Å². The number of carbonyl (C=O) groups excluding carboxylic acids is 2. The van der Waals surface area contributed by atoms with Crippen LogP contribution in [-0.4, -0.2) is 35.1 Å². The second-order valence-electron chi connectivity index (χ2n) is 5.31. The number of anilines is 1. The first-order valence-electron chi connectivity index (χ1n) is 7.06. The number of thioether (sulfide) groups is 1. The van der Waals surface area contributed by atoms with Crippen LogP contribution >= 0.6 is 11.8 Å². The summed E-state index contributed by atoms with van der Waals surface area (Å²) in [6.07, 6.45) is 3.38. The minimum absolute atomic E-state index is 0.00470. The smallest absolute Gasteiger partial charge is 0.253 e. The minimum atomic E-state index is -0.0776. The Balaban J connectivity index is 1.83. The summed E-state index contributed by atoms with van der Waals surface area (Å²) in [6, 6.07) is 5.61. The molecule has 0 spiro atoms. The van der Waals surface area contributed by atoms with Crippen LogP contribution in [0.25, 0.3) is 0 Å². The Hall–Kier alpha value is -1.49. The third kappa shape index (κ3) is 2.54. The molecule has 1 atom stereocenters. The van der Waals surface area contributed by atoms with Crippen LogP contribution < -0.4 is 5.32 Å². The fourth-order valence-corrected chi connectivity index (χ4v) is 3.55. The van der Waals surface area contributed by atoms with Gasteiger partial charge in [0.05, 0.1) is 10.9 Å². The molecule has 5 heteroatoms. The number of nitrogens with one attached hydrogen (secondary N) is 1. The van der Waals surface area contributed by atoms with E-state index in [-0.39, 0.29) is 17.1 Å². The van der Waals surface area contributed by atoms with Crippen LogP contribution in [0.15, 0.2) is 23.1 Å². The molecular weight excluding hydrogens is 272 g/mol. The Kier molecular flexibility index (Phi) is 3.70. The molecule has 0 aliphatic carbocycles. The number of hydrogen-bond acceptors (Lipinski definition) is 3. The predicted molar refractivity (Wildman–Crippen MR) is 80.1 cm³/mol. The van der Waals surface area contributed by atoms with Gasteiger partial charge in [-0.25, -0.2) is 0 Å². The van der Waals surface area contributed by atoms with Crippen molar-refractivity contribution in [3.8, 4) is 0 Å². The summed E-state index contributed by atoms with van der Waals surface area (Å²) < 4.78 is 0. The standard InChI is InChI=1S/C15H18N2O2S/c1-10-14(18)16-12-9-11(5-6-13(12)20-10)15(19)17-7-3-2-4-8-17/h5-6,9-10H,2-4,7-8H2,1H3,(H,16,18)/t10-/m1/s1. The highest BCUT2D eigenvalue weighted by atomic mass is 32.2. The molecule has 2 aliphatic heterocycles. The molecule has 0 aromatic heterocycles. The maximum atomic E-state index is 12.4. The number of rotatable bonds is 1. The third-order valence-corrected chi connectivity index (χ3v) is 4.98. The normalized spacial score (nSPS) is 22.1. The molecule has 0 unspecified atom stereocenters. The molecule has 1 saturated heterocycles. The van der Waals surface area contributed by atoms with Crippen molar-refractivity contribution in [1.29, 1.82) is 0 Å². The molecule has 0 bridgehead atoms. The average molecular weight is 290 g/mol. The molecule has 2 aliphatic rings. The van der Waals surface area contributed by atoms with Gasteiger partial charge in [-0.2, -0.15) is 0 Å². The van der Waals surface area contributed by atoms with Gasteiger partial charge in [-0.1, -0.05) is 0 Å². The first-order chi connectivity index (χ1) is 9.65. The van der Waals surface area contributed by atoms with E-state index in [1.807, 2.05) is 30.0 Å². The fourth-order valence-electron chi connectivity index (χ4n) is 2.62. The second-order valence-corrected chi connectivity index (χ2v) is 6.70. The van der Waals surface area contributed by atoms with E-state index in [0.29, 0.717) is 5.56 Å². The van der Waals surface area contributed by atoms with Crippen molar-refractivity contribution in [2.24, 2.45) is 0 Å². The van der Waals surface area contributed by atoms with Crippen LogP contribution in [0.5, 0.6) is 0 Å². The highest BCUT2D eigenvalue weighted by Crippen LogP contribution is 2.36. The summed E-state index contributed by atoms with van der Waals surface area (Å²) >= 11 is 1.54. The Morgan fingerprint density at radius 1 is 1.30 bits per heavy atom. The quantitative estimate of drug-likeness (QED) is 0.865. The molecule has 4 nitrogen and oxygen atoms in total. The van der Waals surface area contributed by atoms with Gasteiger partial charge in [0.15, 0.2) is 0 Å². The molecule has 106 valence electrons. The summed E-state index contributed by atoms with van der Waals surface area (Å²) in [5.41, 5.74) is 1.43. The SMILES string of the molecule is C[C@H]1Sc2ccc(C(=O)N3CCCCC3)cc2NC1=O. The molecule has 1 aromatic rings. The predicted octanol–water partition coefficient (Wildman–Crippen LogP) is 2.75. The zero-order valence-corrected chi connectivity index (χ0v) is 12.3. The summed E-state index contributed by atoms with van der Waals surface area (Å²) in [5, 5.41) is 2.80. The van der Waals surface area contributed by atoms with E-state index in [4.69, 9.17) is 0 Å². The van der Waals surface area contributed by atoms with Crippen LogP contribution in [0, 0.1) is 0 Å². The molecule has 2 amide bonds. The van der Waals surface area contributed by atoms with E-state index >= 15 is 0 Å². The largest absolute Gasteiger partial charge is 0.339 e. The Morgan fingerprint density at radius 3 is 2.80 bits per heavy atom. The van der Waals surface area contributed by atoms with Gasteiger partial charge in [-0.3, -0.25) is 9.59 Å². The maximum absolute atomic E-state index is 12.4. The number of fused-ring (bicyclic) bond motifs is 1. The number of piperidine rings is 1. The molecule has 2 heterocycles. The van der Waals surface area contributed by atoms with E-state index in [1.165, 1.54) is 18.2 Å². The van der Waals surface area contributed by atoms with Crippen molar-refractivity contribution in [2.75, 3.05) is 18.4 Å². The van der Waals surface area contributed by atoms with E-state index < -0.39 is 0 Å².